The second-order valence-electron chi connectivity index (χ2n) is 18.7. The summed E-state index contributed by atoms with van der Waals surface area (Å²) < 4.78 is 42.9. The van der Waals surface area contributed by atoms with Crippen LogP contribution in [0.15, 0.2) is 71.8 Å². The summed E-state index contributed by atoms with van der Waals surface area (Å²) >= 11 is 0. The smallest absolute Gasteiger partial charge is 0.454 e. The first-order valence-corrected chi connectivity index (χ1v) is 20.8. The monoisotopic (exact) mass is 875 g/mol. The Hall–Kier alpha value is -5.65. The molecule has 2 heterocycles. The molecule has 2 bridgehead atoms. The van der Waals surface area contributed by atoms with E-state index in [1.165, 1.54) is 26.0 Å². The number of hydrogen-bond acceptors (Lipinski definition) is 16. The number of hydrogen-bond donors (Lipinski definition) is 3. The predicted molar refractivity (Wildman–Crippen MR) is 216 cm³/mol. The van der Waals surface area contributed by atoms with Gasteiger partial charge in [-0.1, -0.05) is 83.1 Å². The van der Waals surface area contributed by atoms with Gasteiger partial charge in [0.25, 0.3) is 0 Å². The topological polar surface area (TPSA) is 237 Å². The van der Waals surface area contributed by atoms with Gasteiger partial charge in [-0.05, 0) is 42.7 Å². The molecule has 5 aliphatic rings. The van der Waals surface area contributed by atoms with E-state index in [1.54, 1.807) is 83.1 Å². The van der Waals surface area contributed by atoms with E-state index in [-0.39, 0.29) is 29.7 Å². The molecule has 12 atom stereocenters. The van der Waals surface area contributed by atoms with Crippen LogP contribution < -0.4 is 5.32 Å². The lowest BCUT2D eigenvalue weighted by Gasteiger charge is -2.67. The summed E-state index contributed by atoms with van der Waals surface area (Å²) in [4.78, 5) is 98.1. The number of aliphatic hydroxyl groups excluding tert-OH is 2. The molecule has 2 aromatic rings. The highest BCUT2D eigenvalue weighted by Gasteiger charge is 2.83. The number of carbonyl (C=O) groups is 7. The highest BCUT2D eigenvalue weighted by molar-refractivity contribution is 5.96. The molecule has 2 aliphatic heterocycles. The Labute approximate surface area is 363 Å². The number of esters is 4. The SMILES string of the molecule is CC(=O)O[C@H]1C(=O)[C@@]2(C)[C@H]([C@H](OC(=O)c3ccccc3)[C@]34OC(=O)O[C@H]3[C@H](OC(=O)[C@H](O)[C@@H](NC(=O)C(C)(C)C)c3ccccc3)C(C)=C1C4(C)C)[C@]1(OC(C)=O)CO[C@@H]1C[C@@H]2O. The number of amides is 1. The van der Waals surface area contributed by atoms with Crippen LogP contribution in [0.4, 0.5) is 4.79 Å². The van der Waals surface area contributed by atoms with Gasteiger partial charge in [-0.15, -0.1) is 0 Å². The van der Waals surface area contributed by atoms with Gasteiger partial charge in [0.15, 0.2) is 41.9 Å². The van der Waals surface area contributed by atoms with Crippen LogP contribution in [-0.4, -0.2) is 112 Å². The number of Topliss-reactive ketones (excluding diaryl/α,β-unsaturated/α-hetero) is 1. The Kier molecular flexibility index (Phi) is 11.4. The lowest BCUT2D eigenvalue weighted by atomic mass is 9.44. The van der Waals surface area contributed by atoms with Crippen LogP contribution in [0.5, 0.6) is 0 Å². The molecule has 0 radical (unpaired) electrons. The van der Waals surface area contributed by atoms with E-state index in [2.05, 4.69) is 5.32 Å². The first kappa shape index (κ1) is 45.4. The maximum atomic E-state index is 15.6. The van der Waals surface area contributed by atoms with Crippen molar-refractivity contribution in [3.05, 3.63) is 82.9 Å². The van der Waals surface area contributed by atoms with Gasteiger partial charge in [0.1, 0.15) is 6.10 Å². The summed E-state index contributed by atoms with van der Waals surface area (Å²) in [6.07, 6.45) is -13.7. The van der Waals surface area contributed by atoms with Crippen molar-refractivity contribution in [2.45, 2.75) is 129 Å². The van der Waals surface area contributed by atoms with E-state index in [4.69, 9.17) is 33.2 Å². The summed E-state index contributed by atoms with van der Waals surface area (Å²) in [7, 11) is 0. The van der Waals surface area contributed by atoms with Gasteiger partial charge >= 0.3 is 30.0 Å². The molecule has 17 nitrogen and oxygen atoms in total. The normalized spacial score (nSPS) is 33.7. The molecule has 1 spiro atoms. The van der Waals surface area contributed by atoms with Crippen molar-refractivity contribution < 1.29 is 76.9 Å². The Morgan fingerprint density at radius 3 is 2.06 bits per heavy atom. The van der Waals surface area contributed by atoms with E-state index < -0.39 is 124 Å². The Balaban J connectivity index is 1.48. The third-order valence-corrected chi connectivity index (χ3v) is 13.6. The molecule has 2 saturated carbocycles. The van der Waals surface area contributed by atoms with Gasteiger partial charge in [-0.25, -0.2) is 14.4 Å². The zero-order chi connectivity index (χ0) is 46.2. The highest BCUT2D eigenvalue weighted by atomic mass is 16.8. The number of ether oxygens (including phenoxy) is 7. The molecule has 3 N–H and O–H groups in total. The summed E-state index contributed by atoms with van der Waals surface area (Å²) in [5, 5.41) is 26.8. The lowest BCUT2D eigenvalue weighted by Crippen LogP contribution is -2.83. The number of aliphatic hydroxyl groups is 2. The van der Waals surface area contributed by atoms with Gasteiger partial charge < -0.3 is 48.7 Å². The minimum atomic E-state index is -2.37. The fourth-order valence-corrected chi connectivity index (χ4v) is 10.5. The first-order chi connectivity index (χ1) is 29.4. The molecule has 3 aliphatic carbocycles. The molecule has 0 aromatic heterocycles. The number of nitrogens with one attached hydrogen (secondary N) is 1. The van der Waals surface area contributed by atoms with Gasteiger partial charge in [-0.3, -0.25) is 19.2 Å². The number of carbonyl (C=O) groups excluding carboxylic acids is 7. The largest absolute Gasteiger partial charge is 0.509 e. The summed E-state index contributed by atoms with van der Waals surface area (Å²) in [6, 6.07) is 14.6. The fourth-order valence-electron chi connectivity index (χ4n) is 10.5. The lowest BCUT2D eigenvalue weighted by molar-refractivity contribution is -0.345. The predicted octanol–water partition coefficient (Wildman–Crippen LogP) is 3.62. The Bertz CT molecular complexity index is 2250. The molecule has 63 heavy (non-hydrogen) atoms. The molecule has 1 amide bonds. The third kappa shape index (κ3) is 7.08. The molecular formula is C46H53NO16. The van der Waals surface area contributed by atoms with Crippen LogP contribution in [0.1, 0.15) is 90.7 Å². The van der Waals surface area contributed by atoms with Crippen LogP contribution >= 0.6 is 0 Å². The van der Waals surface area contributed by atoms with Crippen LogP contribution in [0.3, 0.4) is 0 Å². The fraction of sp³-hybridized carbons (Fsp3) is 0.543. The third-order valence-electron chi connectivity index (χ3n) is 13.6. The Morgan fingerprint density at radius 1 is 0.889 bits per heavy atom. The number of ketones is 1. The van der Waals surface area contributed by atoms with Gasteiger partial charge in [0, 0.05) is 31.1 Å². The van der Waals surface area contributed by atoms with Crippen LogP contribution in [-0.2, 0) is 57.1 Å². The molecule has 17 heteroatoms. The first-order valence-electron chi connectivity index (χ1n) is 20.8. The molecule has 0 unspecified atom stereocenters. The summed E-state index contributed by atoms with van der Waals surface area (Å²) in [6.45, 7) is 12.7. The summed E-state index contributed by atoms with van der Waals surface area (Å²) in [5.41, 5.74) is -8.70. The zero-order valence-electron chi connectivity index (χ0n) is 36.5. The molecule has 4 fully saturated rings. The molecule has 2 saturated heterocycles. The highest BCUT2D eigenvalue weighted by Crippen LogP contribution is 2.67. The van der Waals surface area contributed by atoms with E-state index in [9.17, 15) is 39.0 Å². The number of benzene rings is 2. The second-order valence-corrected chi connectivity index (χ2v) is 18.7. The number of rotatable bonds is 9. The van der Waals surface area contributed by atoms with Gasteiger partial charge in [-0.2, -0.15) is 0 Å². The van der Waals surface area contributed by atoms with Crippen molar-refractivity contribution >= 4 is 41.7 Å². The van der Waals surface area contributed by atoms with Crippen molar-refractivity contribution in [1.29, 1.82) is 0 Å². The van der Waals surface area contributed by atoms with E-state index >= 15 is 4.79 Å². The molecular weight excluding hydrogens is 822 g/mol. The van der Waals surface area contributed by atoms with Crippen molar-refractivity contribution in [2.75, 3.05) is 6.61 Å². The summed E-state index contributed by atoms with van der Waals surface area (Å²) in [5.74, 6) is -7.08. The van der Waals surface area contributed by atoms with E-state index in [0.29, 0.717) is 5.56 Å². The van der Waals surface area contributed by atoms with Crippen LogP contribution in [0.25, 0.3) is 0 Å². The maximum Gasteiger partial charge on any atom is 0.509 e. The molecule has 338 valence electrons. The minimum absolute atomic E-state index is 0.0267. The average molecular weight is 876 g/mol. The van der Waals surface area contributed by atoms with Crippen LogP contribution in [0, 0.1) is 22.2 Å². The van der Waals surface area contributed by atoms with Crippen molar-refractivity contribution in [3.63, 3.8) is 0 Å². The van der Waals surface area contributed by atoms with Crippen molar-refractivity contribution in [2.24, 2.45) is 22.2 Å². The molecule has 2 aromatic carbocycles. The zero-order valence-corrected chi connectivity index (χ0v) is 36.5. The Morgan fingerprint density at radius 2 is 1.51 bits per heavy atom. The van der Waals surface area contributed by atoms with Crippen molar-refractivity contribution in [3.8, 4) is 0 Å². The maximum absolute atomic E-state index is 15.6. The van der Waals surface area contributed by atoms with Crippen LogP contribution in [0.2, 0.25) is 0 Å². The second kappa shape index (κ2) is 15.9. The minimum Gasteiger partial charge on any atom is -0.454 e. The standard InChI is InChI=1S/C46H53NO16/c1-22-29-33(58-23(2)48)35(52)44(9)27(50)20-28-45(21-57-28,62-24(3)49)34(44)37(60-38(53)26-18-14-11-15-19-26)46(43(29,7)8)36(61-41(56)63-46)32(22)59-39(54)31(51)30(25-16-12-10-13-17-25)47-40(55)42(4,5)6/h10-19,27-28,30-34,36-37,50-51H,20-21H2,1-9H3,(H,47,55)/t27-,28+,30-,31+,32+,33+,34-,36-,37-,44+,45-,46+/m0/s1. The van der Waals surface area contributed by atoms with Gasteiger partial charge in [0.2, 0.25) is 11.5 Å². The number of fused-ring (bicyclic) bond motifs is 4. The van der Waals surface area contributed by atoms with Gasteiger partial charge in [0.05, 0.1) is 35.6 Å². The molecule has 7 rings (SSSR count). The quantitative estimate of drug-likeness (QED) is 0.185. The van der Waals surface area contributed by atoms with Crippen molar-refractivity contribution in [1.82, 2.24) is 5.32 Å². The van der Waals surface area contributed by atoms with E-state index in [1.807, 2.05) is 0 Å². The van der Waals surface area contributed by atoms with E-state index in [0.717, 1.165) is 13.8 Å². The average Bonchev–Trinajstić information content (AvgIpc) is 3.58.